The van der Waals surface area contributed by atoms with Gasteiger partial charge < -0.3 is 26.2 Å². The van der Waals surface area contributed by atoms with E-state index in [0.717, 1.165) is 57.8 Å². The smallest absolute Gasteiger partial charge is 0.315 e. The number of carbonyl (C=O) groups excluding carboxylic acids is 5. The average molecular weight is 690 g/mol. The Hall–Kier alpha value is -2.70. The summed E-state index contributed by atoms with van der Waals surface area (Å²) in [5, 5.41) is 11.1. The molecule has 268 valence electrons. The van der Waals surface area contributed by atoms with Gasteiger partial charge in [0.1, 0.15) is 12.1 Å². The van der Waals surface area contributed by atoms with E-state index >= 15 is 0 Å². The highest BCUT2D eigenvalue weighted by Gasteiger charge is 2.69. The number of piperidine rings is 1. The summed E-state index contributed by atoms with van der Waals surface area (Å²) < 4.78 is 26.1. The van der Waals surface area contributed by atoms with Crippen LogP contribution in [0.2, 0.25) is 0 Å². The van der Waals surface area contributed by atoms with E-state index < -0.39 is 62.4 Å². The van der Waals surface area contributed by atoms with Crippen molar-refractivity contribution < 1.29 is 32.4 Å². The monoisotopic (exact) mass is 689 g/mol. The maximum atomic E-state index is 14.4. The van der Waals surface area contributed by atoms with Crippen LogP contribution in [-0.4, -0.2) is 90.1 Å². The van der Waals surface area contributed by atoms with Crippen molar-refractivity contribution in [3.05, 3.63) is 0 Å². The zero-order valence-electron chi connectivity index (χ0n) is 28.7. The summed E-state index contributed by atoms with van der Waals surface area (Å²) in [6.07, 6.45) is 12.4. The van der Waals surface area contributed by atoms with E-state index in [4.69, 9.17) is 0 Å². The van der Waals surface area contributed by atoms with Crippen LogP contribution < -0.4 is 21.3 Å². The number of hydrogen-bond acceptors (Lipinski definition) is 7. The highest BCUT2D eigenvalue weighted by Crippen LogP contribution is 2.65. The molecule has 48 heavy (non-hydrogen) atoms. The second-order valence-electron chi connectivity index (χ2n) is 16.1. The van der Waals surface area contributed by atoms with Gasteiger partial charge in [-0.1, -0.05) is 71.6 Å². The van der Waals surface area contributed by atoms with Crippen molar-refractivity contribution in [3.63, 3.8) is 0 Å². The molecule has 0 aromatic carbocycles. The third-order valence-corrected chi connectivity index (χ3v) is 14.8. The summed E-state index contributed by atoms with van der Waals surface area (Å²) in [6.45, 7) is 4.55. The van der Waals surface area contributed by atoms with E-state index in [0.29, 0.717) is 57.9 Å². The molecule has 3 heterocycles. The maximum absolute atomic E-state index is 14.4. The largest absolute Gasteiger partial charge is 0.347 e. The van der Waals surface area contributed by atoms with E-state index in [1.54, 1.807) is 4.90 Å². The first-order valence-electron chi connectivity index (χ1n) is 18.6. The van der Waals surface area contributed by atoms with Crippen LogP contribution in [0.15, 0.2) is 0 Å². The minimum absolute atomic E-state index is 0.0209. The molecule has 3 saturated carbocycles. The number of amides is 5. The quantitative estimate of drug-likeness (QED) is 0.311. The lowest BCUT2D eigenvalue weighted by molar-refractivity contribution is -0.144. The fraction of sp³-hybridized carbons (Fsp3) is 0.857. The molecule has 0 unspecified atom stereocenters. The summed E-state index contributed by atoms with van der Waals surface area (Å²) in [7, 11) is -3.33. The van der Waals surface area contributed by atoms with Crippen LogP contribution in [0.3, 0.4) is 0 Å². The van der Waals surface area contributed by atoms with Crippen LogP contribution in [0.25, 0.3) is 0 Å². The Morgan fingerprint density at radius 3 is 2.10 bits per heavy atom. The second kappa shape index (κ2) is 13.9. The molecule has 6 rings (SSSR count). The Kier molecular flexibility index (Phi) is 10.2. The van der Waals surface area contributed by atoms with Gasteiger partial charge in [-0.05, 0) is 68.6 Å². The average Bonchev–Trinajstić information content (AvgIpc) is 3.82. The SMILES string of the molecule is CC1(C)[C@@H]2[C@H]3C(=O)N[C@@H](C(=O)C(=O)NC4CC4)CCCCCCCC[C@@H](NC(=O)NC4([C@H]5CCCS5(=O)=O)CCCCC4)C(=O)N3C[C@@H]21. The Balaban J connectivity index is 1.21. The van der Waals surface area contributed by atoms with Crippen molar-refractivity contribution in [2.24, 2.45) is 17.3 Å². The summed E-state index contributed by atoms with van der Waals surface area (Å²) in [6, 6.07) is -3.17. The topological polar surface area (TPSA) is 171 Å². The Morgan fingerprint density at radius 2 is 1.46 bits per heavy atom. The molecule has 3 saturated heterocycles. The van der Waals surface area contributed by atoms with Gasteiger partial charge in [-0.3, -0.25) is 19.2 Å². The summed E-state index contributed by atoms with van der Waals surface area (Å²) in [5.74, 6) is -1.91. The Labute approximate surface area is 285 Å². The van der Waals surface area contributed by atoms with Crippen molar-refractivity contribution in [2.45, 2.75) is 158 Å². The molecular formula is C35H55N5O7S. The molecule has 6 atom stereocenters. The molecule has 12 nitrogen and oxygen atoms in total. The molecule has 0 aromatic rings. The van der Waals surface area contributed by atoms with Crippen LogP contribution in [0, 0.1) is 17.3 Å². The van der Waals surface area contributed by atoms with Crippen LogP contribution in [0.5, 0.6) is 0 Å². The molecular weight excluding hydrogens is 634 g/mol. The van der Waals surface area contributed by atoms with Crippen molar-refractivity contribution in [2.75, 3.05) is 12.3 Å². The zero-order chi connectivity index (χ0) is 34.3. The maximum Gasteiger partial charge on any atom is 0.315 e. The van der Waals surface area contributed by atoms with Gasteiger partial charge in [-0.25, -0.2) is 13.2 Å². The Bertz CT molecular complexity index is 1390. The van der Waals surface area contributed by atoms with Gasteiger partial charge in [0.05, 0.1) is 22.6 Å². The number of carbonyl (C=O) groups is 5. The van der Waals surface area contributed by atoms with Gasteiger partial charge in [-0.2, -0.15) is 0 Å². The van der Waals surface area contributed by atoms with E-state index in [1.807, 2.05) is 0 Å². The lowest BCUT2D eigenvalue weighted by Gasteiger charge is -2.42. The third kappa shape index (κ3) is 7.26. The summed E-state index contributed by atoms with van der Waals surface area (Å²) in [5.41, 5.74) is -1.01. The summed E-state index contributed by atoms with van der Waals surface area (Å²) in [4.78, 5) is 69.8. The molecule has 13 heteroatoms. The van der Waals surface area contributed by atoms with Crippen molar-refractivity contribution in [3.8, 4) is 0 Å². The second-order valence-corrected chi connectivity index (χ2v) is 18.4. The molecule has 3 aliphatic heterocycles. The lowest BCUT2D eigenvalue weighted by atomic mass is 9.78. The van der Waals surface area contributed by atoms with Crippen LogP contribution in [-0.2, 0) is 29.0 Å². The molecule has 4 N–H and O–H groups in total. The number of ketones is 1. The number of rotatable bonds is 6. The zero-order valence-corrected chi connectivity index (χ0v) is 29.5. The first-order chi connectivity index (χ1) is 22.8. The molecule has 0 aromatic heterocycles. The highest BCUT2D eigenvalue weighted by molar-refractivity contribution is 7.92. The molecule has 0 bridgehead atoms. The fourth-order valence-corrected chi connectivity index (χ4v) is 11.7. The highest BCUT2D eigenvalue weighted by atomic mass is 32.2. The molecule has 6 aliphatic rings. The molecule has 0 spiro atoms. The van der Waals surface area contributed by atoms with E-state index in [1.165, 1.54) is 0 Å². The van der Waals surface area contributed by atoms with Crippen molar-refractivity contribution >= 4 is 39.4 Å². The first-order valence-corrected chi connectivity index (χ1v) is 20.3. The number of sulfone groups is 1. The van der Waals surface area contributed by atoms with Gasteiger partial charge in [0.25, 0.3) is 5.91 Å². The minimum atomic E-state index is -3.33. The van der Waals surface area contributed by atoms with E-state index in [9.17, 15) is 32.4 Å². The predicted octanol–water partition coefficient (Wildman–Crippen LogP) is 2.88. The Morgan fingerprint density at radius 1 is 0.812 bits per heavy atom. The molecule has 3 aliphatic carbocycles. The number of nitrogens with zero attached hydrogens (tertiary/aromatic N) is 1. The standard InChI is InChI=1S/C35H55N5O7S/c1-34(2)23-21-40-28(27(23)34)30(42)37-24(29(41)31(43)36-22-16-17-22)13-8-5-3-4-6-9-14-25(32(40)44)38-33(45)39-35(18-10-7-11-19-35)26-15-12-20-48(26,46)47/h22-28H,3-21H2,1-2H3,(H,36,43)(H,37,42)(H2,38,39,45)/t23-,24+,25+,26+,27-,28-/m0/s1. The molecule has 5 amide bonds. The number of Topliss-reactive ketones (excluding diaryl/α,β-unsaturated/α-hetero) is 1. The normalized spacial score (nSPS) is 34.8. The summed E-state index contributed by atoms with van der Waals surface area (Å²) >= 11 is 0. The minimum Gasteiger partial charge on any atom is -0.347 e. The van der Waals surface area contributed by atoms with Gasteiger partial charge in [0, 0.05) is 12.6 Å². The first kappa shape index (κ1) is 35.1. The molecule has 6 fully saturated rings. The van der Waals surface area contributed by atoms with E-state index in [-0.39, 0.29) is 35.0 Å². The lowest BCUT2D eigenvalue weighted by Crippen LogP contribution is -2.63. The van der Waals surface area contributed by atoms with Crippen LogP contribution >= 0.6 is 0 Å². The van der Waals surface area contributed by atoms with Gasteiger partial charge in [0.15, 0.2) is 9.84 Å². The third-order valence-electron chi connectivity index (χ3n) is 12.4. The number of nitrogens with one attached hydrogen (secondary N) is 4. The fourth-order valence-electron chi connectivity index (χ4n) is 9.39. The number of urea groups is 1. The molecule has 0 radical (unpaired) electrons. The number of fused-ring (bicyclic) bond motifs is 3. The van der Waals surface area contributed by atoms with Gasteiger partial charge in [0.2, 0.25) is 17.6 Å². The van der Waals surface area contributed by atoms with Crippen molar-refractivity contribution in [1.29, 1.82) is 0 Å². The van der Waals surface area contributed by atoms with Crippen LogP contribution in [0.4, 0.5) is 4.79 Å². The van der Waals surface area contributed by atoms with Gasteiger partial charge in [-0.15, -0.1) is 0 Å². The van der Waals surface area contributed by atoms with Crippen LogP contribution in [0.1, 0.15) is 123 Å². The van der Waals surface area contributed by atoms with Gasteiger partial charge >= 0.3 is 6.03 Å². The van der Waals surface area contributed by atoms with E-state index in [2.05, 4.69) is 35.1 Å². The number of hydrogen-bond donors (Lipinski definition) is 4. The van der Waals surface area contributed by atoms with Crippen molar-refractivity contribution in [1.82, 2.24) is 26.2 Å². The predicted molar refractivity (Wildman–Crippen MR) is 179 cm³/mol.